The van der Waals surface area contributed by atoms with E-state index in [2.05, 4.69) is 27.9 Å². The molecule has 2 rings (SSSR count). The summed E-state index contributed by atoms with van der Waals surface area (Å²) in [5.74, 6) is -0.270. The molecule has 0 atom stereocenters. The van der Waals surface area contributed by atoms with Gasteiger partial charge in [0.2, 0.25) is 0 Å². The van der Waals surface area contributed by atoms with Crippen LogP contribution < -0.4 is 5.32 Å². The van der Waals surface area contributed by atoms with Crippen LogP contribution >= 0.6 is 22.6 Å². The van der Waals surface area contributed by atoms with E-state index in [0.29, 0.717) is 16.8 Å². The van der Waals surface area contributed by atoms with Crippen molar-refractivity contribution in [2.24, 2.45) is 0 Å². The van der Waals surface area contributed by atoms with E-state index < -0.39 is 0 Å². The topological polar surface area (TPSA) is 52.9 Å². The summed E-state index contributed by atoms with van der Waals surface area (Å²) in [4.78, 5) is 12.0. The molecule has 0 unspecified atom stereocenters. The number of hydrogen-bond acceptors (Lipinski definition) is 2. The van der Waals surface area contributed by atoms with Gasteiger partial charge in [0.05, 0.1) is 17.2 Å². The van der Waals surface area contributed by atoms with Crippen molar-refractivity contribution in [2.75, 3.05) is 5.32 Å². The van der Waals surface area contributed by atoms with Gasteiger partial charge in [0.1, 0.15) is 0 Å². The highest BCUT2D eigenvalue weighted by atomic mass is 127. The van der Waals surface area contributed by atoms with Gasteiger partial charge in [-0.05, 0) is 59.0 Å². The van der Waals surface area contributed by atoms with Gasteiger partial charge in [-0.15, -0.1) is 0 Å². The minimum absolute atomic E-state index is 0.270. The first-order valence-electron chi connectivity index (χ1n) is 5.27. The Hall–Kier alpha value is -1.87. The molecular weight excluding hydrogens is 339 g/mol. The normalized spacial score (nSPS) is 9.56. The summed E-state index contributed by atoms with van der Waals surface area (Å²) in [6, 6.07) is 16.2. The Morgan fingerprint density at radius 1 is 1.11 bits per heavy atom. The summed E-state index contributed by atoms with van der Waals surface area (Å²) in [6.07, 6.45) is 0. The van der Waals surface area contributed by atoms with Gasteiger partial charge in [-0.1, -0.05) is 12.1 Å². The quantitative estimate of drug-likeness (QED) is 0.846. The average molecular weight is 348 g/mol. The molecule has 0 saturated heterocycles. The predicted molar refractivity (Wildman–Crippen MR) is 78.3 cm³/mol. The minimum atomic E-state index is -0.270. The van der Waals surface area contributed by atoms with Gasteiger partial charge in [-0.3, -0.25) is 4.79 Å². The number of halogens is 1. The number of carbonyl (C=O) groups excluding carboxylic acids is 1. The maximum absolute atomic E-state index is 12.0. The van der Waals surface area contributed by atoms with Crippen molar-refractivity contribution >= 4 is 34.2 Å². The number of benzene rings is 2. The van der Waals surface area contributed by atoms with E-state index in [0.717, 1.165) is 3.57 Å². The molecule has 0 aliphatic carbocycles. The molecule has 1 N–H and O–H groups in total. The van der Waals surface area contributed by atoms with Crippen LogP contribution in [0.4, 0.5) is 5.69 Å². The summed E-state index contributed by atoms with van der Waals surface area (Å²) >= 11 is 2.20. The first kappa shape index (κ1) is 12.6. The van der Waals surface area contributed by atoms with Crippen LogP contribution in [0.5, 0.6) is 0 Å². The lowest BCUT2D eigenvalue weighted by molar-refractivity contribution is 0.102. The van der Waals surface area contributed by atoms with Crippen LogP contribution in [0, 0.1) is 14.9 Å². The zero-order valence-corrected chi connectivity index (χ0v) is 11.5. The van der Waals surface area contributed by atoms with E-state index in [-0.39, 0.29) is 5.91 Å². The zero-order valence-electron chi connectivity index (χ0n) is 9.35. The maximum Gasteiger partial charge on any atom is 0.257 e. The highest BCUT2D eigenvalue weighted by Crippen LogP contribution is 2.14. The molecule has 0 aromatic heterocycles. The summed E-state index contributed by atoms with van der Waals surface area (Å²) in [5, 5.41) is 11.7. The number of amides is 1. The van der Waals surface area contributed by atoms with Crippen molar-refractivity contribution in [3.8, 4) is 6.07 Å². The Kier molecular flexibility index (Phi) is 3.95. The van der Waals surface area contributed by atoms with Gasteiger partial charge >= 0.3 is 0 Å². The fourth-order valence-corrected chi connectivity index (χ4v) is 1.87. The molecule has 0 aliphatic heterocycles. The first-order chi connectivity index (χ1) is 8.70. The van der Waals surface area contributed by atoms with Crippen LogP contribution in [-0.4, -0.2) is 5.91 Å². The fourth-order valence-electron chi connectivity index (χ4n) is 1.51. The van der Waals surface area contributed by atoms with E-state index in [1.165, 1.54) is 0 Å². The summed E-state index contributed by atoms with van der Waals surface area (Å²) < 4.78 is 1.10. The molecule has 18 heavy (non-hydrogen) atoms. The van der Waals surface area contributed by atoms with Crippen LogP contribution in [-0.2, 0) is 0 Å². The Morgan fingerprint density at radius 3 is 2.44 bits per heavy atom. The third-order valence-electron chi connectivity index (χ3n) is 2.39. The van der Waals surface area contributed by atoms with Crippen molar-refractivity contribution in [1.82, 2.24) is 0 Å². The number of anilines is 1. The van der Waals surface area contributed by atoms with E-state index in [9.17, 15) is 4.79 Å². The second-order valence-corrected chi connectivity index (χ2v) is 4.86. The molecule has 88 valence electrons. The first-order valence-corrected chi connectivity index (χ1v) is 6.34. The molecule has 0 saturated carbocycles. The molecule has 2 aromatic rings. The SMILES string of the molecule is N#Cc1ccccc1C(=O)Nc1ccc(I)cc1. The number of nitrogens with one attached hydrogen (secondary N) is 1. The van der Waals surface area contributed by atoms with E-state index in [1.54, 1.807) is 24.3 Å². The molecular formula is C14H9IN2O. The van der Waals surface area contributed by atoms with Crippen LogP contribution in [0.15, 0.2) is 48.5 Å². The van der Waals surface area contributed by atoms with Crippen molar-refractivity contribution in [2.45, 2.75) is 0 Å². The van der Waals surface area contributed by atoms with Gasteiger partial charge in [0.25, 0.3) is 5.91 Å². The Balaban J connectivity index is 2.22. The third kappa shape index (κ3) is 2.87. The fraction of sp³-hybridized carbons (Fsp3) is 0. The van der Waals surface area contributed by atoms with Crippen molar-refractivity contribution in [3.63, 3.8) is 0 Å². The van der Waals surface area contributed by atoms with Crippen LogP contribution in [0.2, 0.25) is 0 Å². The number of rotatable bonds is 2. The number of hydrogen-bond donors (Lipinski definition) is 1. The lowest BCUT2D eigenvalue weighted by atomic mass is 10.1. The maximum atomic E-state index is 12.0. The van der Waals surface area contributed by atoms with Crippen molar-refractivity contribution in [1.29, 1.82) is 5.26 Å². The smallest absolute Gasteiger partial charge is 0.257 e. The lowest BCUT2D eigenvalue weighted by Gasteiger charge is -2.06. The third-order valence-corrected chi connectivity index (χ3v) is 3.11. The lowest BCUT2D eigenvalue weighted by Crippen LogP contribution is -2.13. The summed E-state index contributed by atoms with van der Waals surface area (Å²) in [5.41, 5.74) is 1.48. The van der Waals surface area contributed by atoms with Gasteiger partial charge in [-0.25, -0.2) is 0 Å². The van der Waals surface area contributed by atoms with Crippen LogP contribution in [0.3, 0.4) is 0 Å². The second kappa shape index (κ2) is 5.65. The molecule has 3 nitrogen and oxygen atoms in total. The molecule has 2 aromatic carbocycles. The molecule has 0 spiro atoms. The Bertz CT molecular complexity index is 614. The van der Waals surface area contributed by atoms with Gasteiger partial charge in [0.15, 0.2) is 0 Å². The molecule has 1 amide bonds. The van der Waals surface area contributed by atoms with Crippen molar-refractivity contribution in [3.05, 3.63) is 63.2 Å². The second-order valence-electron chi connectivity index (χ2n) is 3.62. The monoisotopic (exact) mass is 348 g/mol. The van der Waals surface area contributed by atoms with E-state index in [1.807, 2.05) is 30.3 Å². The Labute approximate surface area is 119 Å². The van der Waals surface area contributed by atoms with Gasteiger partial charge < -0.3 is 5.32 Å². The van der Waals surface area contributed by atoms with E-state index >= 15 is 0 Å². The van der Waals surface area contributed by atoms with Gasteiger partial charge in [-0.2, -0.15) is 5.26 Å². The molecule has 0 radical (unpaired) electrons. The molecule has 0 bridgehead atoms. The van der Waals surface area contributed by atoms with Gasteiger partial charge in [0, 0.05) is 9.26 Å². The minimum Gasteiger partial charge on any atom is -0.322 e. The largest absolute Gasteiger partial charge is 0.322 e. The standard InChI is InChI=1S/C14H9IN2O/c15-11-5-7-12(8-6-11)17-14(18)13-4-2-1-3-10(13)9-16/h1-8H,(H,17,18). The molecule has 4 heteroatoms. The summed E-state index contributed by atoms with van der Waals surface area (Å²) in [6.45, 7) is 0. The highest BCUT2D eigenvalue weighted by Gasteiger charge is 2.10. The van der Waals surface area contributed by atoms with Crippen LogP contribution in [0.1, 0.15) is 15.9 Å². The number of nitriles is 1. The molecule has 0 heterocycles. The van der Waals surface area contributed by atoms with E-state index in [4.69, 9.17) is 5.26 Å². The zero-order chi connectivity index (χ0) is 13.0. The predicted octanol–water partition coefficient (Wildman–Crippen LogP) is 3.42. The Morgan fingerprint density at radius 2 is 1.78 bits per heavy atom. The summed E-state index contributed by atoms with van der Waals surface area (Å²) in [7, 11) is 0. The average Bonchev–Trinajstić information content (AvgIpc) is 2.41. The number of nitrogens with zero attached hydrogens (tertiary/aromatic N) is 1. The number of carbonyl (C=O) groups is 1. The molecule has 0 aliphatic rings. The van der Waals surface area contributed by atoms with Crippen molar-refractivity contribution < 1.29 is 4.79 Å². The van der Waals surface area contributed by atoms with Crippen LogP contribution in [0.25, 0.3) is 0 Å². The highest BCUT2D eigenvalue weighted by molar-refractivity contribution is 14.1. The molecule has 0 fully saturated rings.